The van der Waals surface area contributed by atoms with Gasteiger partial charge in [0.25, 0.3) is 5.91 Å². The third kappa shape index (κ3) is 3.81. The zero-order chi connectivity index (χ0) is 14.4. The van der Waals surface area contributed by atoms with E-state index in [9.17, 15) is 4.79 Å². The molecule has 1 amide bonds. The van der Waals surface area contributed by atoms with E-state index in [1.807, 2.05) is 25.1 Å². The van der Waals surface area contributed by atoms with E-state index in [0.717, 1.165) is 6.42 Å². The first-order valence-electron chi connectivity index (χ1n) is 6.65. The summed E-state index contributed by atoms with van der Waals surface area (Å²) in [5.74, 6) is -0.0778. The van der Waals surface area contributed by atoms with Crippen LogP contribution in [0.5, 0.6) is 0 Å². The lowest BCUT2D eigenvalue weighted by Crippen LogP contribution is -2.33. The number of benzene rings is 1. The van der Waals surface area contributed by atoms with Gasteiger partial charge in [0.05, 0.1) is 0 Å². The van der Waals surface area contributed by atoms with Crippen molar-refractivity contribution in [2.24, 2.45) is 0 Å². The highest BCUT2D eigenvalue weighted by atomic mass is 35.5. The molecule has 1 heterocycles. The van der Waals surface area contributed by atoms with Crippen LogP contribution in [0.1, 0.15) is 23.0 Å². The van der Waals surface area contributed by atoms with E-state index in [1.165, 1.54) is 5.56 Å². The van der Waals surface area contributed by atoms with Crippen molar-refractivity contribution in [2.45, 2.75) is 13.3 Å². The highest BCUT2D eigenvalue weighted by Gasteiger charge is 2.15. The summed E-state index contributed by atoms with van der Waals surface area (Å²) in [6.07, 6.45) is 2.39. The van der Waals surface area contributed by atoms with Gasteiger partial charge in [-0.3, -0.25) is 9.78 Å². The van der Waals surface area contributed by atoms with E-state index in [1.54, 1.807) is 23.2 Å². The monoisotopic (exact) mass is 288 g/mol. The molecule has 0 bridgehead atoms. The van der Waals surface area contributed by atoms with Crippen LogP contribution < -0.4 is 0 Å². The quantitative estimate of drug-likeness (QED) is 0.844. The lowest BCUT2D eigenvalue weighted by Gasteiger charge is -2.20. The molecule has 0 saturated carbocycles. The zero-order valence-electron chi connectivity index (χ0n) is 11.4. The topological polar surface area (TPSA) is 33.2 Å². The van der Waals surface area contributed by atoms with Gasteiger partial charge in [0.15, 0.2) is 0 Å². The van der Waals surface area contributed by atoms with Crippen LogP contribution in [0, 0.1) is 0 Å². The first kappa shape index (κ1) is 14.5. The number of amides is 1. The number of carbonyl (C=O) groups excluding carboxylic acids is 1. The van der Waals surface area contributed by atoms with Crippen LogP contribution in [0.15, 0.2) is 48.7 Å². The molecule has 2 aromatic rings. The fourth-order valence-corrected chi connectivity index (χ4v) is 2.16. The first-order valence-corrected chi connectivity index (χ1v) is 7.03. The predicted molar refractivity (Wildman–Crippen MR) is 81.0 cm³/mol. The molecule has 0 fully saturated rings. The minimum atomic E-state index is -0.0778. The third-order valence-electron chi connectivity index (χ3n) is 3.12. The number of hydrogen-bond donors (Lipinski definition) is 0. The van der Waals surface area contributed by atoms with Crippen LogP contribution in [0.4, 0.5) is 0 Å². The molecule has 1 aromatic heterocycles. The largest absolute Gasteiger partial charge is 0.337 e. The minimum absolute atomic E-state index is 0.0778. The number of carbonyl (C=O) groups is 1. The summed E-state index contributed by atoms with van der Waals surface area (Å²) in [5, 5.41) is 0.530. The van der Waals surface area contributed by atoms with Gasteiger partial charge < -0.3 is 4.90 Å². The molecule has 4 heteroatoms. The second-order valence-corrected chi connectivity index (χ2v) is 4.92. The highest BCUT2D eigenvalue weighted by molar-refractivity contribution is 6.30. The molecule has 20 heavy (non-hydrogen) atoms. The van der Waals surface area contributed by atoms with Gasteiger partial charge in [-0.25, -0.2) is 0 Å². The summed E-state index contributed by atoms with van der Waals surface area (Å²) in [6, 6.07) is 13.4. The molecule has 0 spiro atoms. The maximum Gasteiger partial charge on any atom is 0.272 e. The zero-order valence-corrected chi connectivity index (χ0v) is 12.2. The fourth-order valence-electron chi connectivity index (χ4n) is 2.00. The molecule has 0 atom stereocenters. The maximum atomic E-state index is 12.4. The van der Waals surface area contributed by atoms with Crippen molar-refractivity contribution >= 4 is 17.5 Å². The van der Waals surface area contributed by atoms with Crippen LogP contribution in [0.3, 0.4) is 0 Å². The van der Waals surface area contributed by atoms with Crippen LogP contribution in [0.2, 0.25) is 5.02 Å². The summed E-state index contributed by atoms with van der Waals surface area (Å²) in [7, 11) is 0. The third-order valence-corrected chi connectivity index (χ3v) is 3.36. The van der Waals surface area contributed by atoms with E-state index in [2.05, 4.69) is 17.1 Å². The van der Waals surface area contributed by atoms with Crippen molar-refractivity contribution in [1.82, 2.24) is 9.88 Å². The molecule has 0 aliphatic carbocycles. The highest BCUT2D eigenvalue weighted by Crippen LogP contribution is 2.11. The number of pyridine rings is 1. The van der Waals surface area contributed by atoms with Crippen molar-refractivity contribution in [2.75, 3.05) is 13.1 Å². The van der Waals surface area contributed by atoms with E-state index < -0.39 is 0 Å². The SMILES string of the molecule is CCN(CCc1ccccc1)C(=O)c1cc(Cl)ccn1. The Balaban J connectivity index is 2.03. The van der Waals surface area contributed by atoms with Crippen LogP contribution in [-0.2, 0) is 6.42 Å². The van der Waals surface area contributed by atoms with Gasteiger partial charge >= 0.3 is 0 Å². The molecule has 0 radical (unpaired) electrons. The molecule has 0 saturated heterocycles. The standard InChI is InChI=1S/C16H17ClN2O/c1-2-19(11-9-13-6-4-3-5-7-13)16(20)15-12-14(17)8-10-18-15/h3-8,10,12H,2,9,11H2,1H3. The summed E-state index contributed by atoms with van der Waals surface area (Å²) in [4.78, 5) is 18.2. The molecule has 0 unspecified atom stereocenters. The second kappa shape index (κ2) is 7.06. The van der Waals surface area contributed by atoms with Crippen molar-refractivity contribution in [3.8, 4) is 0 Å². The van der Waals surface area contributed by atoms with Crippen LogP contribution >= 0.6 is 11.6 Å². The molecule has 0 aliphatic rings. The number of rotatable bonds is 5. The Morgan fingerprint density at radius 2 is 2.00 bits per heavy atom. The number of nitrogens with zero attached hydrogens (tertiary/aromatic N) is 2. The van der Waals surface area contributed by atoms with Crippen molar-refractivity contribution < 1.29 is 4.79 Å². The Morgan fingerprint density at radius 3 is 2.65 bits per heavy atom. The van der Waals surface area contributed by atoms with Crippen molar-refractivity contribution in [3.05, 3.63) is 64.9 Å². The van der Waals surface area contributed by atoms with Crippen LogP contribution in [-0.4, -0.2) is 28.9 Å². The van der Waals surface area contributed by atoms with Gasteiger partial charge in [-0.05, 0) is 31.0 Å². The van der Waals surface area contributed by atoms with E-state index >= 15 is 0 Å². The van der Waals surface area contributed by atoms with Gasteiger partial charge in [0.2, 0.25) is 0 Å². The van der Waals surface area contributed by atoms with Gasteiger partial charge in [-0.1, -0.05) is 41.9 Å². The molecule has 0 aliphatic heterocycles. The molecule has 3 nitrogen and oxygen atoms in total. The lowest BCUT2D eigenvalue weighted by atomic mass is 10.1. The summed E-state index contributed by atoms with van der Waals surface area (Å²) in [6.45, 7) is 3.29. The number of likely N-dealkylation sites (N-methyl/N-ethyl adjacent to an activating group) is 1. The normalized spacial score (nSPS) is 10.3. The molecule has 1 aromatic carbocycles. The number of aromatic nitrogens is 1. The smallest absolute Gasteiger partial charge is 0.272 e. The Labute approximate surface area is 124 Å². The molecule has 104 valence electrons. The Kier molecular flexibility index (Phi) is 5.13. The molecule has 2 rings (SSSR count). The summed E-state index contributed by atoms with van der Waals surface area (Å²) >= 11 is 5.90. The van der Waals surface area contributed by atoms with Gasteiger partial charge in [0, 0.05) is 24.3 Å². The van der Waals surface area contributed by atoms with Gasteiger partial charge in [-0.15, -0.1) is 0 Å². The second-order valence-electron chi connectivity index (χ2n) is 4.48. The van der Waals surface area contributed by atoms with E-state index in [-0.39, 0.29) is 5.91 Å². The summed E-state index contributed by atoms with van der Waals surface area (Å²) < 4.78 is 0. The Bertz CT molecular complexity index is 572. The average Bonchev–Trinajstić information content (AvgIpc) is 2.48. The predicted octanol–water partition coefficient (Wildman–Crippen LogP) is 3.44. The number of hydrogen-bond acceptors (Lipinski definition) is 2. The first-order chi connectivity index (χ1) is 9.70. The van der Waals surface area contributed by atoms with Gasteiger partial charge in [-0.2, -0.15) is 0 Å². The number of halogens is 1. The minimum Gasteiger partial charge on any atom is -0.337 e. The maximum absolute atomic E-state index is 12.4. The fraction of sp³-hybridized carbons (Fsp3) is 0.250. The lowest BCUT2D eigenvalue weighted by molar-refractivity contribution is 0.0760. The molecular formula is C16H17ClN2O. The van der Waals surface area contributed by atoms with E-state index in [4.69, 9.17) is 11.6 Å². The van der Waals surface area contributed by atoms with E-state index in [0.29, 0.717) is 23.8 Å². The van der Waals surface area contributed by atoms with Crippen molar-refractivity contribution in [1.29, 1.82) is 0 Å². The van der Waals surface area contributed by atoms with Crippen LogP contribution in [0.25, 0.3) is 0 Å². The average molecular weight is 289 g/mol. The molecule has 0 N–H and O–H groups in total. The Morgan fingerprint density at radius 1 is 1.25 bits per heavy atom. The Hall–Kier alpha value is -1.87. The molecular weight excluding hydrogens is 272 g/mol. The van der Waals surface area contributed by atoms with Crippen molar-refractivity contribution in [3.63, 3.8) is 0 Å². The van der Waals surface area contributed by atoms with Gasteiger partial charge in [0.1, 0.15) is 5.69 Å². The summed E-state index contributed by atoms with van der Waals surface area (Å²) in [5.41, 5.74) is 1.62.